The number of nitrogens with zero attached hydrogens (tertiary/aromatic N) is 1. The van der Waals surface area contributed by atoms with Gasteiger partial charge < -0.3 is 11.1 Å². The summed E-state index contributed by atoms with van der Waals surface area (Å²) in [5.74, 6) is 0.435. The summed E-state index contributed by atoms with van der Waals surface area (Å²) in [5, 5.41) is 2.99. The largest absolute Gasteiger partial charge is 0.370 e. The van der Waals surface area contributed by atoms with Gasteiger partial charge in [-0.05, 0) is 43.5 Å². The van der Waals surface area contributed by atoms with Crippen molar-refractivity contribution in [2.45, 2.75) is 20.3 Å². The van der Waals surface area contributed by atoms with Crippen LogP contribution in [0.25, 0.3) is 0 Å². The third kappa shape index (κ3) is 7.68. The third-order valence-electron chi connectivity index (χ3n) is 2.73. The van der Waals surface area contributed by atoms with E-state index < -0.39 is 9.84 Å². The fourth-order valence-corrected chi connectivity index (χ4v) is 2.19. The van der Waals surface area contributed by atoms with Crippen LogP contribution in [0, 0.1) is 13.8 Å². The molecule has 0 saturated carbocycles. The first kappa shape index (κ1) is 19.2. The van der Waals surface area contributed by atoms with Crippen LogP contribution in [0.2, 0.25) is 0 Å². The van der Waals surface area contributed by atoms with E-state index in [1.807, 2.05) is 32.0 Å². The summed E-state index contributed by atoms with van der Waals surface area (Å²) in [6.07, 6.45) is 1.70. The summed E-state index contributed by atoms with van der Waals surface area (Å²) in [5.41, 5.74) is 9.01. The molecule has 3 N–H and O–H groups in total. The smallest absolute Gasteiger partial charge is 0.193 e. The zero-order valence-corrected chi connectivity index (χ0v) is 15.2. The second-order valence-corrected chi connectivity index (χ2v) is 6.93. The molecule has 0 atom stereocenters. The average Bonchev–Trinajstić information content (AvgIpc) is 2.28. The minimum atomic E-state index is -2.92. The van der Waals surface area contributed by atoms with Gasteiger partial charge in [0.05, 0.1) is 5.75 Å². The number of benzene rings is 1. The van der Waals surface area contributed by atoms with Crippen LogP contribution in [-0.4, -0.2) is 32.9 Å². The van der Waals surface area contributed by atoms with Crippen molar-refractivity contribution in [3.8, 4) is 0 Å². The van der Waals surface area contributed by atoms with E-state index in [0.717, 1.165) is 5.69 Å². The van der Waals surface area contributed by atoms with E-state index in [1.54, 1.807) is 0 Å². The van der Waals surface area contributed by atoms with Gasteiger partial charge in [-0.15, -0.1) is 24.0 Å². The van der Waals surface area contributed by atoms with E-state index in [-0.39, 0.29) is 29.7 Å². The number of aliphatic imine (C=N–C) groups is 1. The van der Waals surface area contributed by atoms with Gasteiger partial charge in [0.15, 0.2) is 5.96 Å². The van der Waals surface area contributed by atoms with Crippen molar-refractivity contribution in [1.29, 1.82) is 0 Å². The Morgan fingerprint density at radius 1 is 1.30 bits per heavy atom. The summed E-state index contributed by atoms with van der Waals surface area (Å²) in [4.78, 5) is 4.09. The molecule has 0 amide bonds. The molecule has 5 nitrogen and oxygen atoms in total. The SMILES string of the molecule is Cc1ccc(NC(N)=NCCCS(C)(=O)=O)cc1C.I. The second-order valence-electron chi connectivity index (χ2n) is 4.67. The molecule has 0 aromatic heterocycles. The van der Waals surface area contributed by atoms with Crippen molar-refractivity contribution in [1.82, 2.24) is 0 Å². The lowest BCUT2D eigenvalue weighted by atomic mass is 10.1. The summed E-state index contributed by atoms with van der Waals surface area (Å²) in [6.45, 7) is 4.47. The Hall–Kier alpha value is -0.830. The normalized spacial score (nSPS) is 11.8. The highest BCUT2D eigenvalue weighted by atomic mass is 127. The lowest BCUT2D eigenvalue weighted by molar-refractivity contribution is 0.599. The molecule has 114 valence electrons. The third-order valence-corrected chi connectivity index (χ3v) is 3.76. The predicted molar refractivity (Wildman–Crippen MR) is 95.8 cm³/mol. The molecule has 0 spiro atoms. The molecule has 7 heteroatoms. The van der Waals surface area contributed by atoms with Crippen LogP contribution >= 0.6 is 24.0 Å². The molecule has 0 unspecified atom stereocenters. The maximum Gasteiger partial charge on any atom is 0.193 e. The highest BCUT2D eigenvalue weighted by Gasteiger charge is 2.01. The minimum absolute atomic E-state index is 0. The summed E-state index contributed by atoms with van der Waals surface area (Å²) in [6, 6.07) is 5.93. The molecule has 1 aromatic carbocycles. The highest BCUT2D eigenvalue weighted by molar-refractivity contribution is 14.0. The van der Waals surface area contributed by atoms with Gasteiger partial charge in [-0.3, -0.25) is 4.99 Å². The number of sulfone groups is 1. The van der Waals surface area contributed by atoms with E-state index in [2.05, 4.69) is 10.3 Å². The number of hydrogen-bond acceptors (Lipinski definition) is 3. The van der Waals surface area contributed by atoms with E-state index in [9.17, 15) is 8.42 Å². The van der Waals surface area contributed by atoms with E-state index in [4.69, 9.17) is 5.73 Å². The van der Waals surface area contributed by atoms with E-state index in [0.29, 0.717) is 18.9 Å². The van der Waals surface area contributed by atoms with Gasteiger partial charge in [-0.1, -0.05) is 6.07 Å². The topological polar surface area (TPSA) is 84.5 Å². The van der Waals surface area contributed by atoms with E-state index in [1.165, 1.54) is 17.4 Å². The molecule has 0 aliphatic heterocycles. The molecule has 0 bridgehead atoms. The van der Waals surface area contributed by atoms with Gasteiger partial charge in [0, 0.05) is 18.5 Å². The number of nitrogens with two attached hydrogens (primary N) is 1. The van der Waals surface area contributed by atoms with Crippen molar-refractivity contribution in [3.63, 3.8) is 0 Å². The standard InChI is InChI=1S/C13H21N3O2S.HI/c1-10-5-6-12(9-11(10)2)16-13(14)15-7-4-8-19(3,17)18;/h5-6,9H,4,7-8H2,1-3H3,(H3,14,15,16);1H. The Morgan fingerprint density at radius 2 is 1.95 bits per heavy atom. The molecule has 0 fully saturated rings. The maximum atomic E-state index is 10.9. The van der Waals surface area contributed by atoms with Gasteiger partial charge in [0.2, 0.25) is 0 Å². The van der Waals surface area contributed by atoms with Crippen molar-refractivity contribution >= 4 is 45.5 Å². The fraction of sp³-hybridized carbons (Fsp3) is 0.462. The first-order chi connectivity index (χ1) is 8.78. The van der Waals surface area contributed by atoms with Crippen molar-refractivity contribution in [3.05, 3.63) is 29.3 Å². The quantitative estimate of drug-likeness (QED) is 0.336. The molecule has 1 rings (SSSR count). The van der Waals surface area contributed by atoms with Gasteiger partial charge in [-0.2, -0.15) is 0 Å². The Labute approximate surface area is 138 Å². The lowest BCUT2D eigenvalue weighted by Gasteiger charge is -2.08. The van der Waals surface area contributed by atoms with Crippen LogP contribution in [0.4, 0.5) is 5.69 Å². The Kier molecular flexibility index (Phi) is 8.10. The summed E-state index contributed by atoms with van der Waals surface area (Å²) < 4.78 is 21.9. The Morgan fingerprint density at radius 3 is 2.50 bits per heavy atom. The fourth-order valence-electron chi connectivity index (χ4n) is 1.53. The van der Waals surface area contributed by atoms with Crippen molar-refractivity contribution in [2.24, 2.45) is 10.7 Å². The number of aryl methyl sites for hydroxylation is 2. The Bertz CT molecular complexity index is 571. The van der Waals surface area contributed by atoms with Crippen LogP contribution in [0.1, 0.15) is 17.5 Å². The van der Waals surface area contributed by atoms with Crippen LogP contribution < -0.4 is 11.1 Å². The monoisotopic (exact) mass is 411 g/mol. The molecule has 0 aliphatic carbocycles. The molecule has 20 heavy (non-hydrogen) atoms. The maximum absolute atomic E-state index is 10.9. The van der Waals surface area contributed by atoms with Crippen LogP contribution in [0.3, 0.4) is 0 Å². The van der Waals surface area contributed by atoms with Gasteiger partial charge in [0.25, 0.3) is 0 Å². The average molecular weight is 411 g/mol. The molecule has 0 heterocycles. The minimum Gasteiger partial charge on any atom is -0.370 e. The number of halogens is 1. The Balaban J connectivity index is 0.00000361. The molecular formula is C13H22IN3O2S. The first-order valence-corrected chi connectivity index (χ1v) is 8.16. The molecule has 1 aromatic rings. The highest BCUT2D eigenvalue weighted by Crippen LogP contribution is 2.13. The van der Waals surface area contributed by atoms with Crippen LogP contribution in [0.5, 0.6) is 0 Å². The number of nitrogens with one attached hydrogen (secondary N) is 1. The lowest BCUT2D eigenvalue weighted by Crippen LogP contribution is -2.23. The van der Waals surface area contributed by atoms with Crippen LogP contribution in [-0.2, 0) is 9.84 Å². The first-order valence-electron chi connectivity index (χ1n) is 6.10. The number of anilines is 1. The van der Waals surface area contributed by atoms with Crippen LogP contribution in [0.15, 0.2) is 23.2 Å². The van der Waals surface area contributed by atoms with Gasteiger partial charge in [0.1, 0.15) is 9.84 Å². The summed E-state index contributed by atoms with van der Waals surface area (Å²) >= 11 is 0. The zero-order valence-electron chi connectivity index (χ0n) is 12.0. The number of rotatable bonds is 5. The van der Waals surface area contributed by atoms with E-state index >= 15 is 0 Å². The summed E-state index contributed by atoms with van der Waals surface area (Å²) in [7, 11) is -2.92. The number of hydrogen-bond donors (Lipinski definition) is 2. The van der Waals surface area contributed by atoms with Gasteiger partial charge >= 0.3 is 0 Å². The van der Waals surface area contributed by atoms with Gasteiger partial charge in [-0.25, -0.2) is 8.42 Å². The van der Waals surface area contributed by atoms with Crippen molar-refractivity contribution < 1.29 is 8.42 Å². The molecule has 0 aliphatic rings. The van der Waals surface area contributed by atoms with Crippen molar-refractivity contribution in [2.75, 3.05) is 23.9 Å². The molecule has 0 radical (unpaired) electrons. The zero-order chi connectivity index (χ0) is 14.5. The molecular weight excluding hydrogens is 389 g/mol. The number of guanidine groups is 1. The predicted octanol–water partition coefficient (Wildman–Crippen LogP) is 2.08. The molecule has 0 saturated heterocycles. The second kappa shape index (κ2) is 8.46.